The van der Waals surface area contributed by atoms with Gasteiger partial charge in [-0.15, -0.1) is 21.8 Å². The summed E-state index contributed by atoms with van der Waals surface area (Å²) in [5.74, 6) is 0.0600. The average molecular weight is 646 g/mol. The maximum Gasteiger partial charge on any atom is 0.407 e. The van der Waals surface area contributed by atoms with Crippen LogP contribution in [0, 0.1) is 5.82 Å². The molecule has 0 bridgehead atoms. The summed E-state index contributed by atoms with van der Waals surface area (Å²) in [5, 5.41) is 10.4. The average Bonchev–Trinajstić information content (AvgIpc) is 3.15. The molecule has 1 N–H and O–H groups in total. The highest BCUT2D eigenvalue weighted by molar-refractivity contribution is 14.1. The van der Waals surface area contributed by atoms with E-state index in [1.165, 1.54) is 17.0 Å². The molecule has 0 saturated carbocycles. The van der Waals surface area contributed by atoms with Crippen LogP contribution in [0.2, 0.25) is 29.7 Å². The van der Waals surface area contributed by atoms with Gasteiger partial charge in [0.1, 0.15) is 23.2 Å². The molecule has 35 heavy (non-hydrogen) atoms. The van der Waals surface area contributed by atoms with E-state index in [1.54, 1.807) is 18.2 Å². The molecule has 1 heterocycles. The van der Waals surface area contributed by atoms with Gasteiger partial charge in [0.15, 0.2) is 0 Å². The maximum absolute atomic E-state index is 14.3. The Morgan fingerprint density at radius 1 is 1.11 bits per heavy atom. The van der Waals surface area contributed by atoms with Crippen molar-refractivity contribution in [1.82, 2.24) is 4.90 Å². The van der Waals surface area contributed by atoms with Crippen LogP contribution in [0.4, 0.5) is 9.18 Å². The van der Waals surface area contributed by atoms with Crippen molar-refractivity contribution in [1.29, 1.82) is 0 Å². The molecule has 0 saturated heterocycles. The van der Waals surface area contributed by atoms with E-state index < -0.39 is 23.6 Å². The van der Waals surface area contributed by atoms with Gasteiger partial charge in [-0.2, -0.15) is 0 Å². The zero-order valence-electron chi connectivity index (χ0n) is 19.7. The fraction of sp³-hybridized carbons (Fsp3) is 0.269. The van der Waals surface area contributed by atoms with E-state index in [0.717, 1.165) is 5.56 Å². The molecule has 3 aromatic carbocycles. The summed E-state index contributed by atoms with van der Waals surface area (Å²) in [6.07, 6.45) is -1.10. The van der Waals surface area contributed by atoms with Crippen molar-refractivity contribution in [3.05, 3.63) is 87.7 Å². The summed E-state index contributed by atoms with van der Waals surface area (Å²) in [4.78, 5) is 13.1. The van der Waals surface area contributed by atoms with E-state index in [-0.39, 0.29) is 13.1 Å². The Hall–Kier alpha value is -1.81. The number of hydrogen-bond acceptors (Lipinski definition) is 2. The van der Waals surface area contributed by atoms with Crippen molar-refractivity contribution in [2.75, 3.05) is 6.54 Å². The molecule has 0 aliphatic carbocycles. The molecule has 4 rings (SSSR count). The minimum atomic E-state index is -1.04. The first kappa shape index (κ1) is 27.8. The maximum atomic E-state index is 14.3. The Bertz CT molecular complexity index is 1160. The lowest BCUT2D eigenvalue weighted by atomic mass is 10.00. The monoisotopic (exact) mass is 645 g/mol. The van der Waals surface area contributed by atoms with Gasteiger partial charge in [0.2, 0.25) is 0 Å². The zero-order chi connectivity index (χ0) is 25.8. The second-order valence-electron chi connectivity index (χ2n) is 9.20. The van der Waals surface area contributed by atoms with Crippen LogP contribution >= 0.6 is 45.0 Å². The van der Waals surface area contributed by atoms with E-state index >= 15 is 0 Å². The summed E-state index contributed by atoms with van der Waals surface area (Å²) in [5.41, 5.74) is 1.86. The van der Waals surface area contributed by atoms with Crippen LogP contribution in [0.1, 0.15) is 11.1 Å². The number of carboxylic acid groups (broad SMARTS) is 1. The molecule has 0 fully saturated rings. The van der Waals surface area contributed by atoms with E-state index in [0.29, 0.717) is 38.9 Å². The molecule has 1 aliphatic heterocycles. The lowest BCUT2D eigenvalue weighted by Crippen LogP contribution is -2.37. The first-order chi connectivity index (χ1) is 16.4. The van der Waals surface area contributed by atoms with Crippen LogP contribution in [0.5, 0.6) is 5.75 Å². The SMILES string of the molecule is C[Si](C)(C)I.O=C(O)N(Cc1ccccc1)CC1Cc2cc(F)cc(-c3c(Cl)cccc3Cl)c2O1. The number of benzene rings is 3. The molecule has 4 nitrogen and oxygen atoms in total. The lowest BCUT2D eigenvalue weighted by molar-refractivity contribution is 0.113. The first-order valence-corrected chi connectivity index (χ1v) is 18.4. The molecule has 3 aromatic rings. The Balaban J connectivity index is 0.000000623. The molecule has 0 radical (unpaired) electrons. The molecule has 1 atom stereocenters. The molecule has 9 heteroatoms. The number of fused-ring (bicyclic) bond motifs is 1. The number of rotatable bonds is 5. The van der Waals surface area contributed by atoms with E-state index in [9.17, 15) is 14.3 Å². The molecule has 1 amide bonds. The summed E-state index contributed by atoms with van der Waals surface area (Å²) < 4.78 is 20.4. The standard InChI is InChI=1S/C23H18Cl2FNO3.C3H9ISi/c24-19-7-4-8-20(25)21(19)18-11-16(26)9-15-10-17(30-22(15)18)13-27(23(28)29)12-14-5-2-1-3-6-14;1-5(2,3)4/h1-9,11,17H,10,12-13H2,(H,28,29);1-3H3. The van der Waals surface area contributed by atoms with Gasteiger partial charge in [0.05, 0.1) is 16.6 Å². The van der Waals surface area contributed by atoms with Crippen molar-refractivity contribution in [2.45, 2.75) is 38.7 Å². The minimum absolute atomic E-state index is 0.149. The molecule has 186 valence electrons. The first-order valence-electron chi connectivity index (χ1n) is 11.1. The van der Waals surface area contributed by atoms with Crippen LogP contribution in [-0.2, 0) is 13.0 Å². The molecule has 0 aromatic heterocycles. The van der Waals surface area contributed by atoms with Crippen molar-refractivity contribution in [3.8, 4) is 16.9 Å². The molecule has 0 spiro atoms. The van der Waals surface area contributed by atoms with Crippen molar-refractivity contribution in [2.24, 2.45) is 0 Å². The minimum Gasteiger partial charge on any atom is -0.487 e. The number of nitrogens with zero attached hydrogens (tertiary/aromatic N) is 1. The van der Waals surface area contributed by atoms with Crippen molar-refractivity contribution < 1.29 is 19.0 Å². The van der Waals surface area contributed by atoms with Gasteiger partial charge >= 0.3 is 6.09 Å². The number of halogens is 4. The van der Waals surface area contributed by atoms with Gasteiger partial charge in [-0.1, -0.05) is 79.2 Å². The smallest absolute Gasteiger partial charge is 0.407 e. The van der Waals surface area contributed by atoms with Gasteiger partial charge in [-0.3, -0.25) is 0 Å². The fourth-order valence-corrected chi connectivity index (χ4v) is 4.30. The lowest BCUT2D eigenvalue weighted by Gasteiger charge is -2.23. The predicted octanol–water partition coefficient (Wildman–Crippen LogP) is 8.54. The van der Waals surface area contributed by atoms with Crippen LogP contribution in [0.25, 0.3) is 11.1 Å². The number of hydrogen-bond donors (Lipinski definition) is 1. The van der Waals surface area contributed by atoms with E-state index in [4.69, 9.17) is 27.9 Å². The molecule has 1 aliphatic rings. The Labute approximate surface area is 229 Å². The summed E-state index contributed by atoms with van der Waals surface area (Å²) >= 11 is 15.2. The Morgan fingerprint density at radius 3 is 2.29 bits per heavy atom. The van der Waals surface area contributed by atoms with Gasteiger partial charge in [-0.05, 0) is 29.8 Å². The Kier molecular flexibility index (Phi) is 9.48. The third-order valence-corrected chi connectivity index (χ3v) is 5.64. The third-order valence-electron chi connectivity index (χ3n) is 5.01. The van der Waals surface area contributed by atoms with Crippen LogP contribution < -0.4 is 4.74 Å². The largest absolute Gasteiger partial charge is 0.487 e. The van der Waals surface area contributed by atoms with Gasteiger partial charge in [0.25, 0.3) is 0 Å². The predicted molar refractivity (Wildman–Crippen MR) is 152 cm³/mol. The number of carbonyl (C=O) groups is 1. The third kappa shape index (κ3) is 8.10. The van der Waals surface area contributed by atoms with Crippen LogP contribution in [0.3, 0.4) is 0 Å². The summed E-state index contributed by atoms with van der Waals surface area (Å²) in [6, 6.07) is 17.2. The van der Waals surface area contributed by atoms with E-state index in [2.05, 4.69) is 41.4 Å². The zero-order valence-corrected chi connectivity index (χ0v) is 24.4. The number of ether oxygens (including phenoxy) is 1. The van der Waals surface area contributed by atoms with Crippen LogP contribution in [-0.4, -0.2) is 34.3 Å². The molecular weight excluding hydrogens is 619 g/mol. The quantitative estimate of drug-likeness (QED) is 0.172. The molecular formula is C26H27Cl2FINO3Si. The second kappa shape index (κ2) is 11.9. The normalized spacial score (nSPS) is 14.4. The van der Waals surface area contributed by atoms with Crippen molar-refractivity contribution in [3.63, 3.8) is 0 Å². The highest BCUT2D eigenvalue weighted by Crippen LogP contribution is 2.44. The Morgan fingerprint density at radius 2 is 1.71 bits per heavy atom. The van der Waals surface area contributed by atoms with Gasteiger partial charge in [0, 0.05) is 29.7 Å². The van der Waals surface area contributed by atoms with Gasteiger partial charge < -0.3 is 14.7 Å². The highest BCUT2D eigenvalue weighted by atomic mass is 127. The second-order valence-corrected chi connectivity index (χ2v) is 23.9. The van der Waals surface area contributed by atoms with Gasteiger partial charge in [-0.25, -0.2) is 9.18 Å². The highest BCUT2D eigenvalue weighted by Gasteiger charge is 2.31. The summed E-state index contributed by atoms with van der Waals surface area (Å²) in [6.45, 7) is 7.33. The topological polar surface area (TPSA) is 49.8 Å². The fourth-order valence-electron chi connectivity index (χ4n) is 3.70. The van der Waals surface area contributed by atoms with Crippen molar-refractivity contribution >= 4 is 56.7 Å². The van der Waals surface area contributed by atoms with Crippen LogP contribution in [0.15, 0.2) is 60.7 Å². The summed E-state index contributed by atoms with van der Waals surface area (Å²) in [7, 11) is 0. The molecule has 1 unspecified atom stereocenters. The van der Waals surface area contributed by atoms with E-state index in [1.807, 2.05) is 30.3 Å². The number of amides is 1.